The van der Waals surface area contributed by atoms with Crippen LogP contribution in [0.3, 0.4) is 0 Å². The second-order valence-electron chi connectivity index (χ2n) is 7.26. The van der Waals surface area contributed by atoms with Crippen LogP contribution in [-0.4, -0.2) is 15.7 Å². The fraction of sp³-hybridized carbons (Fsp3) is 0.160. The van der Waals surface area contributed by atoms with Crippen molar-refractivity contribution >= 4 is 16.8 Å². The molecule has 0 saturated carbocycles. The number of fused-ring (bicyclic) bond motifs is 1. The molecule has 1 N–H and O–H groups in total. The lowest BCUT2D eigenvalue weighted by Crippen LogP contribution is -2.28. The number of carbonyl (C=O) groups excluding carboxylic acids is 1. The summed E-state index contributed by atoms with van der Waals surface area (Å²) in [5.74, 6) is -0.174. The van der Waals surface area contributed by atoms with E-state index in [1.165, 1.54) is 6.20 Å². The van der Waals surface area contributed by atoms with Gasteiger partial charge in [0.2, 0.25) is 11.3 Å². The van der Waals surface area contributed by atoms with Gasteiger partial charge in [-0.15, -0.1) is 0 Å². The lowest BCUT2D eigenvalue weighted by Gasteiger charge is -2.11. The quantitative estimate of drug-likeness (QED) is 0.480. The fourth-order valence-electron chi connectivity index (χ4n) is 3.37. The van der Waals surface area contributed by atoms with Gasteiger partial charge in [-0.1, -0.05) is 66.7 Å². The molecule has 0 saturated heterocycles. The molecule has 6 heteroatoms. The average Bonchev–Trinajstić information content (AvgIpc) is 2.81. The topological polar surface area (TPSA) is 73.2 Å². The lowest BCUT2D eigenvalue weighted by atomic mass is 10.1. The Morgan fingerprint density at radius 1 is 0.871 bits per heavy atom. The van der Waals surface area contributed by atoms with Crippen molar-refractivity contribution in [1.82, 2.24) is 15.1 Å². The highest BCUT2D eigenvalue weighted by molar-refractivity contribution is 5.81. The van der Waals surface area contributed by atoms with Crippen molar-refractivity contribution in [3.8, 4) is 0 Å². The highest BCUT2D eigenvalue weighted by atomic mass is 16.5. The molecule has 4 aromatic rings. The molecular formula is C25H23N3O3. The number of carbonyl (C=O) groups is 1. The van der Waals surface area contributed by atoms with Crippen LogP contribution in [0.25, 0.3) is 10.9 Å². The van der Waals surface area contributed by atoms with E-state index in [-0.39, 0.29) is 17.9 Å². The molecule has 0 aliphatic rings. The Morgan fingerprint density at radius 2 is 1.58 bits per heavy atom. The Labute approximate surface area is 180 Å². The van der Waals surface area contributed by atoms with Crippen molar-refractivity contribution < 1.29 is 9.53 Å². The first-order valence-corrected chi connectivity index (χ1v) is 10.1. The van der Waals surface area contributed by atoms with E-state index in [1.54, 1.807) is 22.9 Å². The number of hydrogen-bond donors (Lipinski definition) is 1. The predicted molar refractivity (Wildman–Crippen MR) is 119 cm³/mol. The van der Waals surface area contributed by atoms with Gasteiger partial charge in [-0.2, -0.15) is 5.10 Å². The molecular weight excluding hydrogens is 390 g/mol. The van der Waals surface area contributed by atoms with Gasteiger partial charge in [-0.25, -0.2) is 0 Å². The molecule has 0 unspecified atom stereocenters. The monoisotopic (exact) mass is 413 g/mol. The minimum absolute atomic E-state index is 0.0423. The van der Waals surface area contributed by atoms with Crippen LogP contribution >= 0.6 is 0 Å². The minimum Gasteiger partial charge on any atom is -0.372 e. The van der Waals surface area contributed by atoms with Crippen LogP contribution in [0.15, 0.2) is 89.9 Å². The first kappa shape index (κ1) is 20.5. The van der Waals surface area contributed by atoms with Crippen molar-refractivity contribution in [2.24, 2.45) is 0 Å². The molecule has 1 amide bonds. The van der Waals surface area contributed by atoms with Crippen LogP contribution in [0, 0.1) is 0 Å². The SMILES string of the molecule is O=C(Cn1ncc(=O)c2ccccc21)NCc1cccc(COCc2ccccc2)c1. The highest BCUT2D eigenvalue weighted by Crippen LogP contribution is 2.10. The third-order valence-electron chi connectivity index (χ3n) is 4.92. The van der Waals surface area contributed by atoms with E-state index in [4.69, 9.17) is 4.74 Å². The Morgan fingerprint density at radius 3 is 2.45 bits per heavy atom. The van der Waals surface area contributed by atoms with E-state index in [0.717, 1.165) is 16.7 Å². The van der Waals surface area contributed by atoms with Gasteiger partial charge in [0.05, 0.1) is 24.9 Å². The number of nitrogens with one attached hydrogen (secondary N) is 1. The smallest absolute Gasteiger partial charge is 0.242 e. The summed E-state index contributed by atoms with van der Waals surface area (Å²) < 4.78 is 7.33. The van der Waals surface area contributed by atoms with Gasteiger partial charge in [0, 0.05) is 11.9 Å². The maximum Gasteiger partial charge on any atom is 0.242 e. The zero-order valence-electron chi connectivity index (χ0n) is 17.0. The maximum atomic E-state index is 12.5. The molecule has 1 aromatic heterocycles. The number of ether oxygens (including phenoxy) is 1. The summed E-state index contributed by atoms with van der Waals surface area (Å²) in [6.45, 7) is 1.51. The maximum absolute atomic E-state index is 12.5. The summed E-state index contributed by atoms with van der Waals surface area (Å²) in [5.41, 5.74) is 3.67. The molecule has 1 heterocycles. The van der Waals surface area contributed by atoms with Crippen LogP contribution in [-0.2, 0) is 35.8 Å². The van der Waals surface area contributed by atoms with Gasteiger partial charge >= 0.3 is 0 Å². The summed E-state index contributed by atoms with van der Waals surface area (Å²) in [6.07, 6.45) is 1.24. The van der Waals surface area contributed by atoms with Gasteiger partial charge in [0.1, 0.15) is 6.54 Å². The van der Waals surface area contributed by atoms with E-state index in [2.05, 4.69) is 10.4 Å². The number of benzene rings is 3. The third-order valence-corrected chi connectivity index (χ3v) is 4.92. The number of amides is 1. The van der Waals surface area contributed by atoms with Gasteiger partial charge in [0.25, 0.3) is 0 Å². The first-order chi connectivity index (χ1) is 15.2. The van der Waals surface area contributed by atoms with Crippen molar-refractivity contribution in [2.45, 2.75) is 26.3 Å². The average molecular weight is 413 g/mol. The zero-order chi connectivity index (χ0) is 21.5. The second kappa shape index (κ2) is 9.82. The van der Waals surface area contributed by atoms with Gasteiger partial charge in [-0.3, -0.25) is 14.3 Å². The number of rotatable bonds is 8. The Hall–Kier alpha value is -3.77. The molecule has 31 heavy (non-hydrogen) atoms. The van der Waals surface area contributed by atoms with Crippen molar-refractivity contribution in [1.29, 1.82) is 0 Å². The van der Waals surface area contributed by atoms with Crippen molar-refractivity contribution in [3.63, 3.8) is 0 Å². The third kappa shape index (κ3) is 5.43. The van der Waals surface area contributed by atoms with Gasteiger partial charge in [-0.05, 0) is 28.8 Å². The summed E-state index contributed by atoms with van der Waals surface area (Å²) in [7, 11) is 0. The van der Waals surface area contributed by atoms with Crippen LogP contribution in [0.2, 0.25) is 0 Å². The molecule has 0 radical (unpaired) electrons. The molecule has 0 spiro atoms. The number of aromatic nitrogens is 2. The van der Waals surface area contributed by atoms with E-state index in [9.17, 15) is 9.59 Å². The predicted octanol–water partition coefficient (Wildman–Crippen LogP) is 3.43. The minimum atomic E-state index is -0.174. The summed E-state index contributed by atoms with van der Waals surface area (Å²) in [4.78, 5) is 24.4. The molecule has 3 aromatic carbocycles. The first-order valence-electron chi connectivity index (χ1n) is 10.1. The van der Waals surface area contributed by atoms with Crippen molar-refractivity contribution in [3.05, 3.63) is 112 Å². The molecule has 4 rings (SSSR count). The summed E-state index contributed by atoms with van der Waals surface area (Å²) >= 11 is 0. The fourth-order valence-corrected chi connectivity index (χ4v) is 3.37. The molecule has 6 nitrogen and oxygen atoms in total. The van der Waals surface area contributed by atoms with Crippen LogP contribution in [0.5, 0.6) is 0 Å². The van der Waals surface area contributed by atoms with Gasteiger partial charge in [0.15, 0.2) is 0 Å². The van der Waals surface area contributed by atoms with E-state index < -0.39 is 0 Å². The van der Waals surface area contributed by atoms with E-state index in [0.29, 0.717) is 30.7 Å². The standard InChI is InChI=1S/C25H23N3O3/c29-24-15-27-28(23-12-5-4-11-22(23)24)16-25(30)26-14-20-9-6-10-21(13-20)18-31-17-19-7-2-1-3-8-19/h1-13,15H,14,16-18H2,(H,26,30). The molecule has 0 atom stereocenters. The lowest BCUT2D eigenvalue weighted by molar-refractivity contribution is -0.121. The molecule has 156 valence electrons. The largest absolute Gasteiger partial charge is 0.372 e. The van der Waals surface area contributed by atoms with E-state index in [1.807, 2.05) is 60.7 Å². The van der Waals surface area contributed by atoms with Crippen molar-refractivity contribution in [2.75, 3.05) is 0 Å². The van der Waals surface area contributed by atoms with Gasteiger partial charge < -0.3 is 10.1 Å². The molecule has 0 aliphatic carbocycles. The normalized spacial score (nSPS) is 10.8. The number of hydrogen-bond acceptors (Lipinski definition) is 4. The van der Waals surface area contributed by atoms with Crippen LogP contribution in [0.1, 0.15) is 16.7 Å². The Kier molecular flexibility index (Phi) is 6.50. The Balaban J connectivity index is 1.32. The van der Waals surface area contributed by atoms with E-state index >= 15 is 0 Å². The summed E-state index contributed by atoms with van der Waals surface area (Å²) in [6, 6.07) is 25.1. The molecule has 0 fully saturated rings. The van der Waals surface area contributed by atoms with Crippen LogP contribution in [0.4, 0.5) is 0 Å². The molecule has 0 aliphatic heterocycles. The number of para-hydroxylation sites is 1. The highest BCUT2D eigenvalue weighted by Gasteiger charge is 2.08. The molecule has 0 bridgehead atoms. The second-order valence-corrected chi connectivity index (χ2v) is 7.26. The Bertz CT molecular complexity index is 1240. The number of nitrogens with zero attached hydrogens (tertiary/aromatic N) is 2. The zero-order valence-corrected chi connectivity index (χ0v) is 17.0. The summed E-state index contributed by atoms with van der Waals surface area (Å²) in [5, 5.41) is 7.57. The van der Waals surface area contributed by atoms with Crippen LogP contribution < -0.4 is 10.7 Å².